The van der Waals surface area contributed by atoms with Crippen molar-refractivity contribution in [2.75, 3.05) is 19.6 Å². The normalized spacial score (nSPS) is 11.3. The maximum atomic E-state index is 16.3. The summed E-state index contributed by atoms with van der Waals surface area (Å²) in [6.07, 6.45) is 12.9. The summed E-state index contributed by atoms with van der Waals surface area (Å²) >= 11 is 0. The second-order valence-corrected chi connectivity index (χ2v) is 19.5. The molecule has 0 spiro atoms. The lowest BCUT2D eigenvalue weighted by molar-refractivity contribution is 0.103. The molecule has 5 nitrogen and oxygen atoms in total. The van der Waals surface area contributed by atoms with Crippen molar-refractivity contribution in [1.82, 2.24) is 0 Å². The Hall–Kier alpha value is -9.11. The highest BCUT2D eigenvalue weighted by molar-refractivity contribution is 6.12. The zero-order valence-electron chi connectivity index (χ0n) is 44.3. The van der Waals surface area contributed by atoms with Crippen molar-refractivity contribution >= 4 is 68.3 Å². The van der Waals surface area contributed by atoms with Crippen LogP contribution in [0.5, 0.6) is 0 Å². The topological polar surface area (TPSA) is 30.0 Å². The molecular weight excluding hydrogens is 913 g/mol. The molecule has 9 rings (SSSR count). The minimum absolute atomic E-state index is 0.148. The van der Waals surface area contributed by atoms with Crippen molar-refractivity contribution in [2.24, 2.45) is 0 Å². The molecule has 0 heterocycles. The van der Waals surface area contributed by atoms with Crippen molar-refractivity contribution in [3.63, 3.8) is 0 Å². The molecule has 9 aromatic rings. The van der Waals surface area contributed by atoms with Gasteiger partial charge in [0.2, 0.25) is 0 Å². The monoisotopic (exact) mass is 977 g/mol. The van der Waals surface area contributed by atoms with E-state index in [1.165, 1.54) is 0 Å². The standard InChI is InChI=1S/C70H64N4O/c1-10-12-14-58(13-11-2)71(59-29-15-49(3)16-30-59)66-43-56(44-67(47-66)72(60-31-17-50(4)18-32-60)61-33-19-51(5)20-34-61)70(75)57-45-68(73(62-35-21-52(6)22-36-62)63-37-23-53(7)24-38-63)48-69(46-57)74(64-39-25-54(8)26-40-64)65-41-27-55(9)28-42-65/h2,12-48H,10H2,1,3-9H3. The number of nitrogens with zero attached hydrogens (tertiary/aromatic N) is 4. The van der Waals surface area contributed by atoms with Crippen molar-refractivity contribution in [3.05, 3.63) is 280 Å². The fourth-order valence-electron chi connectivity index (χ4n) is 9.29. The van der Waals surface area contributed by atoms with Crippen molar-refractivity contribution in [2.45, 2.75) is 61.8 Å². The van der Waals surface area contributed by atoms with Gasteiger partial charge in [-0.2, -0.15) is 0 Å². The lowest BCUT2D eigenvalue weighted by atomic mass is 9.98. The maximum absolute atomic E-state index is 16.3. The van der Waals surface area contributed by atoms with Gasteiger partial charge < -0.3 is 19.6 Å². The Morgan fingerprint density at radius 1 is 0.373 bits per heavy atom. The number of aryl methyl sites for hydroxylation is 7. The molecule has 0 fully saturated rings. The summed E-state index contributed by atoms with van der Waals surface area (Å²) in [5.74, 6) is 2.68. The lowest BCUT2D eigenvalue weighted by Gasteiger charge is -2.31. The predicted molar refractivity (Wildman–Crippen MR) is 318 cm³/mol. The molecule has 0 N–H and O–H groups in total. The van der Waals surface area contributed by atoms with Gasteiger partial charge in [-0.15, -0.1) is 6.42 Å². The van der Waals surface area contributed by atoms with Gasteiger partial charge >= 0.3 is 0 Å². The van der Waals surface area contributed by atoms with Crippen molar-refractivity contribution in [1.29, 1.82) is 0 Å². The van der Waals surface area contributed by atoms with Crippen LogP contribution < -0.4 is 19.6 Å². The maximum Gasteiger partial charge on any atom is 0.193 e. The van der Waals surface area contributed by atoms with E-state index < -0.39 is 0 Å². The summed E-state index contributed by atoms with van der Waals surface area (Å²) in [7, 11) is 0. The second kappa shape index (κ2) is 22.8. The van der Waals surface area contributed by atoms with Gasteiger partial charge in [-0.3, -0.25) is 4.79 Å². The molecule has 0 unspecified atom stereocenters. The smallest absolute Gasteiger partial charge is 0.193 e. The Bertz CT molecular complexity index is 3280. The van der Waals surface area contributed by atoms with Crippen LogP contribution >= 0.6 is 0 Å². The van der Waals surface area contributed by atoms with Gasteiger partial charge in [0.15, 0.2) is 5.78 Å². The molecule has 0 radical (unpaired) electrons. The van der Waals surface area contributed by atoms with Gasteiger partial charge in [0, 0.05) is 79.8 Å². The molecule has 0 amide bonds. The summed E-state index contributed by atoms with van der Waals surface area (Å²) in [6.45, 7) is 16.8. The van der Waals surface area contributed by atoms with E-state index in [4.69, 9.17) is 6.42 Å². The van der Waals surface area contributed by atoms with Crippen LogP contribution in [0.4, 0.5) is 62.6 Å². The molecular formula is C70H64N4O. The summed E-state index contributed by atoms with van der Waals surface area (Å²) < 4.78 is 0. The Labute approximate surface area is 445 Å². The number of rotatable bonds is 16. The van der Waals surface area contributed by atoms with Crippen molar-refractivity contribution in [3.8, 4) is 12.3 Å². The molecule has 0 bridgehead atoms. The zero-order chi connectivity index (χ0) is 52.6. The third-order valence-electron chi connectivity index (χ3n) is 13.4. The van der Waals surface area contributed by atoms with Crippen LogP contribution in [0.1, 0.15) is 68.2 Å². The number of ketones is 1. The fourth-order valence-corrected chi connectivity index (χ4v) is 9.29. The quantitative estimate of drug-likeness (QED) is 0.0547. The molecule has 370 valence electrons. The SMILES string of the molecule is C#CC=C(C=CCC)N(c1ccc(C)cc1)c1cc(C(=O)c2cc(N(c3ccc(C)cc3)c3ccc(C)cc3)cc(N(c3ccc(C)cc3)c3ccc(C)cc3)c2)cc(N(c2ccc(C)cc2)c2ccc(C)cc2)c1. The molecule has 0 saturated carbocycles. The van der Waals surface area contributed by atoms with E-state index in [1.807, 2.05) is 24.3 Å². The van der Waals surface area contributed by atoms with Crippen molar-refractivity contribution < 1.29 is 4.79 Å². The first-order valence-electron chi connectivity index (χ1n) is 25.7. The number of benzene rings is 9. The molecule has 9 aromatic carbocycles. The van der Waals surface area contributed by atoms with E-state index in [2.05, 4.69) is 275 Å². The van der Waals surface area contributed by atoms with Crippen LogP contribution in [0.15, 0.2) is 230 Å². The lowest BCUT2D eigenvalue weighted by Crippen LogP contribution is -2.18. The fraction of sp³-hybridized carbons (Fsp3) is 0.129. The molecule has 0 aliphatic carbocycles. The van der Waals surface area contributed by atoms with E-state index in [0.717, 1.165) is 114 Å². The van der Waals surface area contributed by atoms with Gasteiger partial charge in [-0.25, -0.2) is 0 Å². The third kappa shape index (κ3) is 11.7. The number of terminal acetylenes is 1. The Kier molecular flexibility index (Phi) is 15.4. The molecule has 0 atom stereocenters. The molecule has 0 saturated heterocycles. The van der Waals surface area contributed by atoms with Gasteiger partial charge in [0.05, 0.1) is 5.70 Å². The first kappa shape index (κ1) is 50.8. The summed E-state index contributed by atoms with van der Waals surface area (Å²) in [5.41, 5.74) is 19.8. The van der Waals surface area contributed by atoms with Crippen LogP contribution in [0.25, 0.3) is 0 Å². The Balaban J connectivity index is 1.35. The highest BCUT2D eigenvalue weighted by Gasteiger charge is 2.25. The van der Waals surface area contributed by atoms with E-state index in [-0.39, 0.29) is 5.78 Å². The number of anilines is 11. The van der Waals surface area contributed by atoms with Gasteiger partial charge in [0.1, 0.15) is 0 Å². The molecule has 0 aliphatic rings. The van der Waals surface area contributed by atoms with E-state index in [1.54, 1.807) is 6.08 Å². The number of allylic oxidation sites excluding steroid dienone is 3. The highest BCUT2D eigenvalue weighted by Crippen LogP contribution is 2.44. The van der Waals surface area contributed by atoms with Crippen LogP contribution in [-0.2, 0) is 0 Å². The summed E-state index contributed by atoms with van der Waals surface area (Å²) in [4.78, 5) is 25.2. The van der Waals surface area contributed by atoms with Crippen LogP contribution in [0.2, 0.25) is 0 Å². The Morgan fingerprint density at radius 3 is 0.893 bits per heavy atom. The zero-order valence-corrected chi connectivity index (χ0v) is 44.3. The van der Waals surface area contributed by atoms with Crippen LogP contribution in [0, 0.1) is 60.8 Å². The van der Waals surface area contributed by atoms with E-state index >= 15 is 4.79 Å². The van der Waals surface area contributed by atoms with Gasteiger partial charge in [-0.05, 0) is 182 Å². The molecule has 0 aromatic heterocycles. The first-order valence-corrected chi connectivity index (χ1v) is 25.7. The van der Waals surface area contributed by atoms with Gasteiger partial charge in [-0.1, -0.05) is 143 Å². The van der Waals surface area contributed by atoms with Crippen LogP contribution in [-0.4, -0.2) is 5.78 Å². The highest BCUT2D eigenvalue weighted by atomic mass is 16.1. The third-order valence-corrected chi connectivity index (χ3v) is 13.4. The Morgan fingerprint density at radius 2 is 0.627 bits per heavy atom. The first-order chi connectivity index (χ1) is 36.3. The van der Waals surface area contributed by atoms with Gasteiger partial charge in [0.25, 0.3) is 0 Å². The largest absolute Gasteiger partial charge is 0.310 e. The molecule has 0 aliphatic heterocycles. The number of hydrogen-bond donors (Lipinski definition) is 0. The molecule has 75 heavy (non-hydrogen) atoms. The average Bonchev–Trinajstić information content (AvgIpc) is 3.42. The predicted octanol–water partition coefficient (Wildman–Crippen LogP) is 19.1. The van der Waals surface area contributed by atoms with Crippen LogP contribution in [0.3, 0.4) is 0 Å². The number of hydrogen-bond acceptors (Lipinski definition) is 5. The number of carbonyl (C=O) groups is 1. The summed E-state index contributed by atoms with van der Waals surface area (Å²) in [6, 6.07) is 72.3. The number of carbonyl (C=O) groups excluding carboxylic acids is 1. The minimum atomic E-state index is -0.148. The second-order valence-electron chi connectivity index (χ2n) is 19.5. The molecule has 5 heteroatoms. The van der Waals surface area contributed by atoms with E-state index in [9.17, 15) is 0 Å². The average molecular weight is 977 g/mol. The minimum Gasteiger partial charge on any atom is -0.310 e. The van der Waals surface area contributed by atoms with E-state index in [0.29, 0.717) is 11.1 Å². The summed E-state index contributed by atoms with van der Waals surface area (Å²) in [5, 5.41) is 0.